The Kier molecular flexibility index (Phi) is 4.06. The highest BCUT2D eigenvalue weighted by atomic mass is 19.1. The van der Waals surface area contributed by atoms with Gasteiger partial charge in [-0.15, -0.1) is 0 Å². The molecule has 0 amide bonds. The van der Waals surface area contributed by atoms with Crippen LogP contribution in [-0.2, 0) is 4.74 Å². The van der Waals surface area contributed by atoms with E-state index in [4.69, 9.17) is 14.5 Å². The second-order valence-electron chi connectivity index (χ2n) is 7.55. The molecular weight excluding hydrogens is 377 g/mol. The maximum atomic E-state index is 15.1. The summed E-state index contributed by atoms with van der Waals surface area (Å²) in [4.78, 5) is 7.02. The van der Waals surface area contributed by atoms with E-state index in [9.17, 15) is 10.2 Å². The van der Waals surface area contributed by atoms with Crippen LogP contribution < -0.4 is 9.64 Å². The lowest BCUT2D eigenvalue weighted by atomic mass is 10.0. The molecule has 5 rings (SSSR count). The number of imidazole rings is 1. The summed E-state index contributed by atoms with van der Waals surface area (Å²) in [6, 6.07) is 6.09. The van der Waals surface area contributed by atoms with E-state index in [1.54, 1.807) is 6.92 Å². The molecule has 152 valence electrons. The van der Waals surface area contributed by atoms with Crippen LogP contribution in [0.3, 0.4) is 0 Å². The molecule has 3 heterocycles. The molecule has 29 heavy (non-hydrogen) atoms. The van der Waals surface area contributed by atoms with Crippen molar-refractivity contribution in [1.29, 1.82) is 0 Å². The minimum Gasteiger partial charge on any atom is -0.502 e. The molecule has 0 atom stereocenters. The first-order chi connectivity index (χ1) is 14.0. The molecule has 0 unspecified atom stereocenters. The molecule has 0 aliphatic carbocycles. The number of benzene rings is 2. The molecule has 0 saturated carbocycles. The van der Waals surface area contributed by atoms with E-state index in [1.165, 1.54) is 13.5 Å². The third-order valence-electron chi connectivity index (χ3n) is 5.89. The molecule has 7 nitrogen and oxygen atoms in total. The number of hydrogen-bond donors (Lipinski definition) is 2. The van der Waals surface area contributed by atoms with Gasteiger partial charge >= 0.3 is 0 Å². The zero-order chi connectivity index (χ0) is 20.3. The molecule has 0 spiro atoms. The molecule has 2 aromatic carbocycles. The second kappa shape index (κ2) is 6.52. The summed E-state index contributed by atoms with van der Waals surface area (Å²) in [6.07, 6.45) is 1.17. The van der Waals surface area contributed by atoms with Crippen molar-refractivity contribution < 1.29 is 24.1 Å². The number of hydrogen-bond acceptors (Lipinski definition) is 6. The number of methoxy groups -OCH3 is 1. The minimum atomic E-state index is -0.916. The first-order valence-electron chi connectivity index (χ1n) is 9.64. The van der Waals surface area contributed by atoms with Gasteiger partial charge in [0.05, 0.1) is 43.0 Å². The third kappa shape index (κ3) is 2.55. The van der Waals surface area contributed by atoms with Crippen LogP contribution in [0.4, 0.5) is 10.1 Å². The molecular formula is C21H22FN3O4. The van der Waals surface area contributed by atoms with Crippen molar-refractivity contribution in [1.82, 2.24) is 9.55 Å². The van der Waals surface area contributed by atoms with Crippen LogP contribution in [0.15, 0.2) is 18.2 Å². The predicted molar refractivity (Wildman–Crippen MR) is 106 cm³/mol. The van der Waals surface area contributed by atoms with Gasteiger partial charge in [0.1, 0.15) is 5.82 Å². The van der Waals surface area contributed by atoms with Crippen LogP contribution in [0.25, 0.3) is 22.4 Å². The summed E-state index contributed by atoms with van der Waals surface area (Å²) in [5.41, 5.74) is 3.21. The predicted octanol–water partition coefficient (Wildman–Crippen LogP) is 3.35. The van der Waals surface area contributed by atoms with Gasteiger partial charge in [0.15, 0.2) is 17.3 Å². The number of phenolic OH excluding ortho intramolecular Hbond substituents is 2. The van der Waals surface area contributed by atoms with E-state index >= 15 is 4.39 Å². The Bertz CT molecular complexity index is 1120. The lowest BCUT2D eigenvalue weighted by Gasteiger charge is -2.33. The molecule has 3 aromatic rings. The molecule has 2 fully saturated rings. The number of aromatic nitrogens is 2. The summed E-state index contributed by atoms with van der Waals surface area (Å²) >= 11 is 0. The fourth-order valence-corrected chi connectivity index (χ4v) is 4.08. The van der Waals surface area contributed by atoms with E-state index < -0.39 is 17.3 Å². The number of nitrogens with zero attached hydrogens (tertiary/aromatic N) is 3. The van der Waals surface area contributed by atoms with Gasteiger partial charge in [0, 0.05) is 24.3 Å². The highest BCUT2D eigenvalue weighted by molar-refractivity contribution is 5.86. The lowest BCUT2D eigenvalue weighted by Crippen LogP contribution is -2.36. The number of anilines is 1. The number of phenols is 2. The zero-order valence-electron chi connectivity index (χ0n) is 16.3. The van der Waals surface area contributed by atoms with Gasteiger partial charge in [-0.3, -0.25) is 0 Å². The van der Waals surface area contributed by atoms with E-state index in [0.717, 1.165) is 29.8 Å². The number of fused-ring (bicyclic) bond motifs is 1. The Balaban J connectivity index is 1.77. The SMILES string of the molecule is COc1c(C)c(-c2nc3cc(N4CCC4)ccc3n2C2COC2)c(F)c(O)c1O. The van der Waals surface area contributed by atoms with Gasteiger partial charge in [-0.25, -0.2) is 9.37 Å². The summed E-state index contributed by atoms with van der Waals surface area (Å²) in [7, 11) is 1.37. The largest absolute Gasteiger partial charge is 0.502 e. The first-order valence-corrected chi connectivity index (χ1v) is 9.64. The minimum absolute atomic E-state index is 0.0191. The van der Waals surface area contributed by atoms with Gasteiger partial charge in [-0.1, -0.05) is 0 Å². The van der Waals surface area contributed by atoms with Gasteiger partial charge in [0.25, 0.3) is 0 Å². The van der Waals surface area contributed by atoms with Crippen molar-refractivity contribution >= 4 is 16.7 Å². The Labute approximate surface area is 166 Å². The maximum Gasteiger partial charge on any atom is 0.203 e. The highest BCUT2D eigenvalue weighted by Gasteiger charge is 2.31. The van der Waals surface area contributed by atoms with E-state index in [2.05, 4.69) is 11.0 Å². The Morgan fingerprint density at radius 3 is 2.55 bits per heavy atom. The van der Waals surface area contributed by atoms with Crippen molar-refractivity contribution in [3.8, 4) is 28.6 Å². The van der Waals surface area contributed by atoms with E-state index in [1.807, 2.05) is 16.7 Å². The second-order valence-corrected chi connectivity index (χ2v) is 7.55. The zero-order valence-corrected chi connectivity index (χ0v) is 16.3. The molecule has 8 heteroatoms. The van der Waals surface area contributed by atoms with Gasteiger partial charge < -0.3 is 29.2 Å². The first kappa shape index (κ1) is 18.1. The average molecular weight is 399 g/mol. The summed E-state index contributed by atoms with van der Waals surface area (Å²) in [5, 5.41) is 20.2. The van der Waals surface area contributed by atoms with E-state index in [0.29, 0.717) is 24.6 Å². The molecule has 2 saturated heterocycles. The van der Waals surface area contributed by atoms with Crippen LogP contribution >= 0.6 is 0 Å². The number of ether oxygens (including phenoxy) is 2. The van der Waals surface area contributed by atoms with Crippen molar-refractivity contribution in [3.05, 3.63) is 29.6 Å². The molecule has 2 aliphatic heterocycles. The van der Waals surface area contributed by atoms with Gasteiger partial charge in [-0.2, -0.15) is 0 Å². The summed E-state index contributed by atoms with van der Waals surface area (Å²) in [6.45, 7) is 4.70. The molecule has 2 N–H and O–H groups in total. The number of rotatable bonds is 4. The van der Waals surface area contributed by atoms with Crippen LogP contribution in [0, 0.1) is 12.7 Å². The van der Waals surface area contributed by atoms with Crippen molar-refractivity contribution in [3.63, 3.8) is 0 Å². The van der Waals surface area contributed by atoms with Crippen LogP contribution in [0.5, 0.6) is 17.2 Å². The summed E-state index contributed by atoms with van der Waals surface area (Å²) < 4.78 is 27.7. The van der Waals surface area contributed by atoms with Crippen LogP contribution in [0.1, 0.15) is 18.0 Å². The van der Waals surface area contributed by atoms with Crippen LogP contribution in [0.2, 0.25) is 0 Å². The van der Waals surface area contributed by atoms with E-state index in [-0.39, 0.29) is 17.4 Å². The average Bonchev–Trinajstić information content (AvgIpc) is 2.96. The smallest absolute Gasteiger partial charge is 0.203 e. The maximum absolute atomic E-state index is 15.1. The van der Waals surface area contributed by atoms with Crippen molar-refractivity contribution in [2.24, 2.45) is 0 Å². The molecule has 2 aliphatic rings. The van der Waals surface area contributed by atoms with Crippen molar-refractivity contribution in [2.45, 2.75) is 19.4 Å². The van der Waals surface area contributed by atoms with Gasteiger partial charge in [0.2, 0.25) is 5.75 Å². The molecule has 0 bridgehead atoms. The Morgan fingerprint density at radius 1 is 1.21 bits per heavy atom. The van der Waals surface area contributed by atoms with Crippen LogP contribution in [-0.4, -0.2) is 53.2 Å². The topological polar surface area (TPSA) is 80.0 Å². The number of aromatic hydroxyl groups is 2. The fourth-order valence-electron chi connectivity index (χ4n) is 4.08. The van der Waals surface area contributed by atoms with Gasteiger partial charge in [-0.05, 0) is 31.5 Å². The normalized spacial score (nSPS) is 16.7. The highest BCUT2D eigenvalue weighted by Crippen LogP contribution is 2.47. The fraction of sp³-hybridized carbons (Fsp3) is 0.381. The Morgan fingerprint density at radius 2 is 1.97 bits per heavy atom. The molecule has 1 aromatic heterocycles. The lowest BCUT2D eigenvalue weighted by molar-refractivity contribution is -0.0209. The van der Waals surface area contributed by atoms with Crippen molar-refractivity contribution in [2.75, 3.05) is 38.3 Å². The monoisotopic (exact) mass is 399 g/mol. The number of halogens is 1. The molecule has 0 radical (unpaired) electrons. The third-order valence-corrected chi connectivity index (χ3v) is 5.89. The quantitative estimate of drug-likeness (QED) is 0.655. The standard InChI is InChI=1S/C21H22FN3O4/c1-11-16(17(22)18(26)19(27)20(11)28-2)21-23-14-8-12(24-6-3-7-24)4-5-15(14)25(21)13-9-29-10-13/h4-5,8,13,26-27H,3,6-7,9-10H2,1-2H3. The summed E-state index contributed by atoms with van der Waals surface area (Å²) in [5.74, 6) is -1.95. The Hall–Kier alpha value is -3.00.